The van der Waals surface area contributed by atoms with Crippen molar-refractivity contribution < 1.29 is 19.0 Å². The Kier molecular flexibility index (Phi) is 6.20. The lowest BCUT2D eigenvalue weighted by atomic mass is 10.2. The van der Waals surface area contributed by atoms with E-state index in [0.29, 0.717) is 36.5 Å². The third-order valence-electron chi connectivity index (χ3n) is 4.63. The molecular weight excluding hydrogens is 442 g/mol. The lowest BCUT2D eigenvalue weighted by Gasteiger charge is -2.11. The molecule has 1 aromatic carbocycles. The molecule has 0 unspecified atom stereocenters. The lowest BCUT2D eigenvalue weighted by Crippen LogP contribution is -2.20. The highest BCUT2D eigenvalue weighted by molar-refractivity contribution is 7.13. The van der Waals surface area contributed by atoms with E-state index in [9.17, 15) is 4.79 Å². The van der Waals surface area contributed by atoms with Gasteiger partial charge in [-0.15, -0.1) is 11.3 Å². The van der Waals surface area contributed by atoms with Gasteiger partial charge in [0.2, 0.25) is 5.88 Å². The number of thiazole rings is 1. The minimum Gasteiger partial charge on any atom is -0.439 e. The van der Waals surface area contributed by atoms with Gasteiger partial charge in [-0.25, -0.2) is 9.78 Å². The third kappa shape index (κ3) is 5.32. The predicted octanol–water partition coefficient (Wildman–Crippen LogP) is 5.08. The van der Waals surface area contributed by atoms with E-state index in [2.05, 4.69) is 25.6 Å². The van der Waals surface area contributed by atoms with Crippen LogP contribution >= 0.6 is 11.3 Å². The maximum Gasteiger partial charge on any atom is 0.326 e. The largest absolute Gasteiger partial charge is 0.439 e. The molecule has 166 valence electrons. The Morgan fingerprint density at radius 3 is 2.48 bits per heavy atom. The molecule has 1 aliphatic heterocycles. The quantitative estimate of drug-likeness (QED) is 0.412. The minimum absolute atomic E-state index is 0.332. The van der Waals surface area contributed by atoms with Gasteiger partial charge in [0, 0.05) is 35.0 Å². The summed E-state index contributed by atoms with van der Waals surface area (Å²) in [5, 5.41) is 7.97. The molecule has 0 saturated carbocycles. The van der Waals surface area contributed by atoms with Crippen LogP contribution in [0.25, 0.3) is 10.6 Å². The van der Waals surface area contributed by atoms with E-state index in [4.69, 9.17) is 14.2 Å². The number of ether oxygens (including phenoxy) is 3. The molecule has 1 aliphatic rings. The molecule has 0 atom stereocenters. The summed E-state index contributed by atoms with van der Waals surface area (Å²) in [6, 6.07) is 15.8. The summed E-state index contributed by atoms with van der Waals surface area (Å²) in [5.41, 5.74) is 1.86. The fourth-order valence-corrected chi connectivity index (χ4v) is 3.89. The second kappa shape index (κ2) is 9.74. The minimum atomic E-state index is -0.452. The third-order valence-corrected chi connectivity index (χ3v) is 5.53. The number of hydrogen-bond acceptors (Lipinski definition) is 8. The van der Waals surface area contributed by atoms with Gasteiger partial charge in [-0.05, 0) is 30.3 Å². The zero-order valence-corrected chi connectivity index (χ0v) is 18.1. The van der Waals surface area contributed by atoms with Crippen molar-refractivity contribution in [3.05, 3.63) is 77.9 Å². The topological polar surface area (TPSA) is 107 Å². The number of aromatic nitrogens is 3. The molecule has 2 amide bonds. The Balaban J connectivity index is 1.19. The highest BCUT2D eigenvalue weighted by Crippen LogP contribution is 2.27. The van der Waals surface area contributed by atoms with E-state index in [-0.39, 0.29) is 6.29 Å². The highest BCUT2D eigenvalue weighted by Gasteiger charge is 2.18. The van der Waals surface area contributed by atoms with Crippen LogP contribution in [0, 0.1) is 0 Å². The molecule has 4 heterocycles. The fourth-order valence-electron chi connectivity index (χ4n) is 3.13. The first-order valence-corrected chi connectivity index (χ1v) is 11.0. The Hall–Kier alpha value is -3.86. The molecule has 0 spiro atoms. The second-order valence-corrected chi connectivity index (χ2v) is 7.82. The Morgan fingerprint density at radius 2 is 1.70 bits per heavy atom. The van der Waals surface area contributed by atoms with Crippen molar-refractivity contribution in [2.75, 3.05) is 23.8 Å². The summed E-state index contributed by atoms with van der Waals surface area (Å²) in [5.74, 6) is 1.76. The molecule has 4 aromatic rings. The molecule has 0 bridgehead atoms. The number of carbonyl (C=O) groups is 1. The van der Waals surface area contributed by atoms with Crippen molar-refractivity contribution in [2.24, 2.45) is 0 Å². The molecule has 0 radical (unpaired) electrons. The monoisotopic (exact) mass is 461 g/mol. The Morgan fingerprint density at radius 1 is 0.939 bits per heavy atom. The number of rotatable bonds is 6. The summed E-state index contributed by atoms with van der Waals surface area (Å²) in [7, 11) is 0. The van der Waals surface area contributed by atoms with E-state index in [1.165, 1.54) is 11.3 Å². The molecule has 0 aliphatic carbocycles. The average molecular weight is 462 g/mol. The van der Waals surface area contributed by atoms with Crippen LogP contribution in [0.4, 0.5) is 16.4 Å². The van der Waals surface area contributed by atoms with Gasteiger partial charge < -0.3 is 14.2 Å². The number of urea groups is 1. The van der Waals surface area contributed by atoms with Gasteiger partial charge in [0.1, 0.15) is 22.4 Å². The number of pyridine rings is 2. The Bertz CT molecular complexity index is 1230. The van der Waals surface area contributed by atoms with Gasteiger partial charge in [0.05, 0.1) is 13.2 Å². The number of nitrogens with zero attached hydrogens (tertiary/aromatic N) is 3. The van der Waals surface area contributed by atoms with Crippen LogP contribution in [0.1, 0.15) is 11.9 Å². The summed E-state index contributed by atoms with van der Waals surface area (Å²) in [6.45, 7) is 1.18. The Labute approximate surface area is 193 Å². The molecule has 3 aromatic heterocycles. The normalized spacial score (nSPS) is 13.6. The van der Waals surface area contributed by atoms with Crippen LogP contribution in [0.2, 0.25) is 0 Å². The molecule has 10 heteroatoms. The van der Waals surface area contributed by atoms with E-state index in [1.54, 1.807) is 36.0 Å². The van der Waals surface area contributed by atoms with Crippen LogP contribution in [0.5, 0.6) is 11.6 Å². The van der Waals surface area contributed by atoms with Gasteiger partial charge in [-0.1, -0.05) is 18.2 Å². The first kappa shape index (κ1) is 21.0. The van der Waals surface area contributed by atoms with Crippen LogP contribution < -0.4 is 15.4 Å². The van der Waals surface area contributed by atoms with Gasteiger partial charge >= 0.3 is 6.03 Å². The van der Waals surface area contributed by atoms with Gasteiger partial charge in [0.15, 0.2) is 6.29 Å². The molecule has 5 rings (SSSR count). The summed E-state index contributed by atoms with van der Waals surface area (Å²) in [6.07, 6.45) is 3.07. The fraction of sp³-hybridized carbons (Fsp3) is 0.130. The average Bonchev–Trinajstić information content (AvgIpc) is 3.53. The molecule has 33 heavy (non-hydrogen) atoms. The highest BCUT2D eigenvalue weighted by atomic mass is 32.1. The summed E-state index contributed by atoms with van der Waals surface area (Å²) in [4.78, 5) is 25.1. The van der Waals surface area contributed by atoms with Crippen LogP contribution in [0.15, 0.2) is 72.4 Å². The maximum absolute atomic E-state index is 12.4. The molecule has 1 saturated heterocycles. The van der Waals surface area contributed by atoms with Crippen molar-refractivity contribution in [1.29, 1.82) is 0 Å². The van der Waals surface area contributed by atoms with Crippen molar-refractivity contribution >= 4 is 29.0 Å². The van der Waals surface area contributed by atoms with Crippen molar-refractivity contribution in [3.63, 3.8) is 0 Å². The smallest absolute Gasteiger partial charge is 0.326 e. The van der Waals surface area contributed by atoms with Crippen molar-refractivity contribution in [3.8, 4) is 22.2 Å². The van der Waals surface area contributed by atoms with Gasteiger partial charge in [0.25, 0.3) is 0 Å². The molecular formula is C23H19N5O4S. The van der Waals surface area contributed by atoms with Crippen molar-refractivity contribution in [2.45, 2.75) is 6.29 Å². The van der Waals surface area contributed by atoms with Crippen LogP contribution in [-0.4, -0.2) is 34.2 Å². The first-order valence-electron chi connectivity index (χ1n) is 10.1. The predicted molar refractivity (Wildman–Crippen MR) is 123 cm³/mol. The molecule has 9 nitrogen and oxygen atoms in total. The number of anilines is 2. The van der Waals surface area contributed by atoms with E-state index >= 15 is 0 Å². The maximum atomic E-state index is 12.4. The van der Waals surface area contributed by atoms with E-state index in [0.717, 1.165) is 16.1 Å². The number of hydrogen-bond donors (Lipinski definition) is 2. The SMILES string of the molecule is O=C(Nc1cccc(Oc2ccc(C3OCCO3)cc2)n1)Nc1csc(-c2ccncc2)n1. The summed E-state index contributed by atoms with van der Waals surface area (Å²) < 4.78 is 16.8. The lowest BCUT2D eigenvalue weighted by molar-refractivity contribution is -0.0441. The van der Waals surface area contributed by atoms with Crippen molar-refractivity contribution in [1.82, 2.24) is 15.0 Å². The molecule has 2 N–H and O–H groups in total. The number of nitrogens with one attached hydrogen (secondary N) is 2. The second-order valence-electron chi connectivity index (χ2n) is 6.96. The zero-order valence-electron chi connectivity index (χ0n) is 17.3. The van der Waals surface area contributed by atoms with E-state index in [1.807, 2.05) is 36.4 Å². The number of benzene rings is 1. The van der Waals surface area contributed by atoms with Crippen LogP contribution in [0.3, 0.4) is 0 Å². The van der Waals surface area contributed by atoms with Gasteiger partial charge in [-0.3, -0.25) is 15.6 Å². The van der Waals surface area contributed by atoms with E-state index < -0.39 is 6.03 Å². The number of carbonyl (C=O) groups excluding carboxylic acids is 1. The molecule has 1 fully saturated rings. The summed E-state index contributed by atoms with van der Waals surface area (Å²) >= 11 is 1.43. The van der Waals surface area contributed by atoms with Crippen LogP contribution in [-0.2, 0) is 9.47 Å². The van der Waals surface area contributed by atoms with Gasteiger partial charge in [-0.2, -0.15) is 4.98 Å². The zero-order chi connectivity index (χ0) is 22.5. The standard InChI is InChI=1S/C23H19N5O4S/c29-23(28-19-14-33-21(26-19)15-8-10-24-11-9-15)27-18-2-1-3-20(25-18)32-17-6-4-16(5-7-17)22-30-12-13-31-22/h1-11,14,22H,12-13H2,(H2,25,27,28,29). The number of amides is 2. The first-order chi connectivity index (χ1) is 16.2.